The maximum Gasteiger partial charge on any atom is 0.358 e. The summed E-state index contributed by atoms with van der Waals surface area (Å²) in [7, 11) is 1.33. The van der Waals surface area contributed by atoms with Crippen LogP contribution in [0.1, 0.15) is 34.9 Å². The van der Waals surface area contributed by atoms with Crippen LogP contribution >= 0.6 is 0 Å². The maximum atomic E-state index is 11.5. The van der Waals surface area contributed by atoms with Crippen LogP contribution in [-0.4, -0.2) is 43.0 Å². The number of aromatic nitrogens is 2. The Kier molecular flexibility index (Phi) is 4.13. The summed E-state index contributed by atoms with van der Waals surface area (Å²) in [4.78, 5) is 13.7. The summed E-state index contributed by atoms with van der Waals surface area (Å²) in [5.41, 5.74) is 1.38. The van der Waals surface area contributed by atoms with Gasteiger partial charge in [-0.25, -0.2) is 4.79 Å². The van der Waals surface area contributed by atoms with E-state index in [9.17, 15) is 4.79 Å². The van der Waals surface area contributed by atoms with E-state index in [4.69, 9.17) is 9.47 Å². The van der Waals surface area contributed by atoms with Crippen molar-refractivity contribution in [3.05, 3.63) is 41.6 Å². The van der Waals surface area contributed by atoms with Crippen molar-refractivity contribution in [2.45, 2.75) is 18.9 Å². The van der Waals surface area contributed by atoms with E-state index in [0.29, 0.717) is 13.2 Å². The zero-order valence-electron chi connectivity index (χ0n) is 14.0. The number of esters is 1. The lowest BCUT2D eigenvalue weighted by Crippen LogP contribution is -2.24. The number of rotatable bonds is 3. The van der Waals surface area contributed by atoms with E-state index in [1.807, 2.05) is 18.2 Å². The molecular weight excluding hydrogens is 322 g/mol. The summed E-state index contributed by atoms with van der Waals surface area (Å²) in [5, 5.41) is 8.19. The number of hydrogen-bond acceptors (Lipinski definition) is 7. The number of fused-ring (bicyclic) bond motifs is 1. The van der Waals surface area contributed by atoms with Crippen molar-refractivity contribution in [3.8, 4) is 11.5 Å². The van der Waals surface area contributed by atoms with Crippen molar-refractivity contribution in [2.75, 3.05) is 31.8 Å². The number of carbonyl (C=O) groups is 1. The van der Waals surface area contributed by atoms with E-state index < -0.39 is 5.97 Å². The van der Waals surface area contributed by atoms with Crippen LogP contribution in [0.4, 0.5) is 5.82 Å². The maximum absolute atomic E-state index is 11.5. The Bertz CT molecular complexity index is 778. The normalized spacial score (nSPS) is 18.9. The molecule has 1 fully saturated rings. The molecule has 1 atom stereocenters. The number of nitrogens with zero attached hydrogens (tertiary/aromatic N) is 3. The van der Waals surface area contributed by atoms with Crippen LogP contribution in [0, 0.1) is 0 Å². The molecule has 0 bridgehead atoms. The summed E-state index contributed by atoms with van der Waals surface area (Å²) >= 11 is 0. The van der Waals surface area contributed by atoms with Gasteiger partial charge in [0.05, 0.1) is 13.2 Å². The minimum absolute atomic E-state index is 0.203. The molecule has 2 aromatic rings. The Hall–Kier alpha value is -2.83. The second-order valence-corrected chi connectivity index (χ2v) is 6.02. The monoisotopic (exact) mass is 341 g/mol. The van der Waals surface area contributed by atoms with Gasteiger partial charge in [-0.2, -0.15) is 0 Å². The highest BCUT2D eigenvalue weighted by Gasteiger charge is 2.28. The molecule has 0 radical (unpaired) electrons. The van der Waals surface area contributed by atoms with Gasteiger partial charge >= 0.3 is 5.97 Å². The number of hydrogen-bond donors (Lipinski definition) is 0. The zero-order valence-corrected chi connectivity index (χ0v) is 14.0. The van der Waals surface area contributed by atoms with Crippen LogP contribution in [0.25, 0.3) is 0 Å². The van der Waals surface area contributed by atoms with Crippen LogP contribution in [0.3, 0.4) is 0 Å². The first-order valence-electron chi connectivity index (χ1n) is 8.34. The standard InChI is InChI=1S/C18H19N3O4/c1-23-18(22)13-5-7-17(20-19-13)21-8-2-3-14(21)12-4-6-15-16(11-12)25-10-9-24-15/h4-7,11,14H,2-3,8-10H2,1H3/t14-/m1/s1. The summed E-state index contributed by atoms with van der Waals surface area (Å²) in [6.07, 6.45) is 2.10. The van der Waals surface area contributed by atoms with E-state index >= 15 is 0 Å². The lowest BCUT2D eigenvalue weighted by atomic mass is 10.0. The van der Waals surface area contributed by atoms with Gasteiger partial charge < -0.3 is 19.1 Å². The Morgan fingerprint density at radius 1 is 1.16 bits per heavy atom. The Labute approximate surface area is 145 Å². The largest absolute Gasteiger partial charge is 0.486 e. The zero-order chi connectivity index (χ0) is 17.2. The molecule has 7 heteroatoms. The van der Waals surface area contributed by atoms with Crippen molar-refractivity contribution in [1.29, 1.82) is 0 Å². The van der Waals surface area contributed by atoms with Gasteiger partial charge in [-0.1, -0.05) is 6.07 Å². The van der Waals surface area contributed by atoms with Crippen LogP contribution in [0.5, 0.6) is 11.5 Å². The second-order valence-electron chi connectivity index (χ2n) is 6.02. The molecule has 1 saturated heterocycles. The summed E-state index contributed by atoms with van der Waals surface area (Å²) < 4.78 is 16.0. The Morgan fingerprint density at radius 3 is 2.76 bits per heavy atom. The molecule has 0 N–H and O–H groups in total. The molecule has 0 amide bonds. The van der Waals surface area contributed by atoms with Gasteiger partial charge in [-0.05, 0) is 42.7 Å². The molecule has 25 heavy (non-hydrogen) atoms. The Morgan fingerprint density at radius 2 is 2.00 bits per heavy atom. The third kappa shape index (κ3) is 2.97. The highest BCUT2D eigenvalue weighted by molar-refractivity contribution is 5.87. The first-order valence-corrected chi connectivity index (χ1v) is 8.34. The van der Waals surface area contributed by atoms with Crippen LogP contribution in [-0.2, 0) is 4.74 Å². The fourth-order valence-electron chi connectivity index (χ4n) is 3.35. The minimum Gasteiger partial charge on any atom is -0.486 e. The molecular formula is C18H19N3O4. The van der Waals surface area contributed by atoms with Gasteiger partial charge in [0.1, 0.15) is 13.2 Å². The summed E-state index contributed by atoms with van der Waals surface area (Å²) in [5.74, 6) is 1.86. The van der Waals surface area contributed by atoms with E-state index in [0.717, 1.165) is 36.7 Å². The molecule has 2 aliphatic rings. The molecule has 0 saturated carbocycles. The highest BCUT2D eigenvalue weighted by Crippen LogP contribution is 2.39. The average Bonchev–Trinajstić information content (AvgIpc) is 3.17. The molecule has 2 aliphatic heterocycles. The minimum atomic E-state index is -0.483. The number of methoxy groups -OCH3 is 1. The van der Waals surface area contributed by atoms with E-state index in [1.165, 1.54) is 12.7 Å². The fourth-order valence-corrected chi connectivity index (χ4v) is 3.35. The molecule has 0 unspecified atom stereocenters. The van der Waals surface area contributed by atoms with Crippen molar-refractivity contribution in [2.24, 2.45) is 0 Å². The first kappa shape index (κ1) is 15.7. The Balaban J connectivity index is 1.59. The molecule has 1 aromatic heterocycles. The van der Waals surface area contributed by atoms with E-state index in [-0.39, 0.29) is 11.7 Å². The molecule has 7 nitrogen and oxygen atoms in total. The predicted octanol–water partition coefficient (Wildman–Crippen LogP) is 2.38. The quantitative estimate of drug-likeness (QED) is 0.794. The molecule has 3 heterocycles. The summed E-state index contributed by atoms with van der Waals surface area (Å²) in [6, 6.07) is 9.75. The topological polar surface area (TPSA) is 73.8 Å². The number of benzene rings is 1. The van der Waals surface area contributed by atoms with Crippen LogP contribution < -0.4 is 14.4 Å². The summed E-state index contributed by atoms with van der Waals surface area (Å²) in [6.45, 7) is 2.06. The van der Waals surface area contributed by atoms with Crippen molar-refractivity contribution >= 4 is 11.8 Å². The predicted molar refractivity (Wildman–Crippen MR) is 90.1 cm³/mol. The SMILES string of the molecule is COC(=O)c1ccc(N2CCC[C@@H]2c2ccc3c(c2)OCCO3)nn1. The smallest absolute Gasteiger partial charge is 0.358 e. The first-order chi connectivity index (χ1) is 12.3. The van der Waals surface area contributed by atoms with Gasteiger partial charge in [0.2, 0.25) is 0 Å². The van der Waals surface area contributed by atoms with E-state index in [2.05, 4.69) is 25.9 Å². The molecule has 0 spiro atoms. The van der Waals surface area contributed by atoms with Crippen molar-refractivity contribution < 1.29 is 19.0 Å². The van der Waals surface area contributed by atoms with Gasteiger partial charge in [0, 0.05) is 6.54 Å². The third-order valence-corrected chi connectivity index (χ3v) is 4.54. The highest BCUT2D eigenvalue weighted by atomic mass is 16.6. The molecule has 0 aliphatic carbocycles. The second kappa shape index (κ2) is 6.58. The van der Waals surface area contributed by atoms with Crippen molar-refractivity contribution in [3.63, 3.8) is 0 Å². The number of ether oxygens (including phenoxy) is 3. The lowest BCUT2D eigenvalue weighted by Gasteiger charge is -2.27. The van der Waals surface area contributed by atoms with Crippen LogP contribution in [0.2, 0.25) is 0 Å². The van der Waals surface area contributed by atoms with Crippen molar-refractivity contribution in [1.82, 2.24) is 10.2 Å². The van der Waals surface area contributed by atoms with Gasteiger partial charge in [-0.15, -0.1) is 10.2 Å². The third-order valence-electron chi connectivity index (χ3n) is 4.54. The number of anilines is 1. The fraction of sp³-hybridized carbons (Fsp3) is 0.389. The van der Waals surface area contributed by atoms with Gasteiger partial charge in [0.15, 0.2) is 23.0 Å². The molecule has 4 rings (SSSR count). The van der Waals surface area contributed by atoms with Gasteiger partial charge in [0.25, 0.3) is 0 Å². The average molecular weight is 341 g/mol. The molecule has 1 aromatic carbocycles. The lowest BCUT2D eigenvalue weighted by molar-refractivity contribution is 0.0592. The van der Waals surface area contributed by atoms with Crippen LogP contribution in [0.15, 0.2) is 30.3 Å². The van der Waals surface area contributed by atoms with Gasteiger partial charge in [-0.3, -0.25) is 0 Å². The molecule has 130 valence electrons. The van der Waals surface area contributed by atoms with E-state index in [1.54, 1.807) is 6.07 Å². The number of carbonyl (C=O) groups excluding carboxylic acids is 1.